The summed E-state index contributed by atoms with van der Waals surface area (Å²) in [6.07, 6.45) is 1.05. The first-order valence-electron chi connectivity index (χ1n) is 5.50. The van der Waals surface area contributed by atoms with Crippen LogP contribution in [-0.4, -0.2) is 35.4 Å². The number of hydrogen-bond acceptors (Lipinski definition) is 5. The first-order valence-corrected chi connectivity index (χ1v) is 7.05. The third-order valence-corrected chi connectivity index (χ3v) is 3.48. The van der Waals surface area contributed by atoms with Crippen molar-refractivity contribution < 1.29 is 23.1 Å². The molecule has 1 heterocycles. The van der Waals surface area contributed by atoms with Crippen LogP contribution in [0.25, 0.3) is 0 Å². The van der Waals surface area contributed by atoms with Gasteiger partial charge in [-0.1, -0.05) is 12.1 Å². The molecule has 0 spiro atoms. The number of aromatic amines is 1. The maximum atomic E-state index is 12.0. The zero-order valence-corrected chi connectivity index (χ0v) is 11.2. The number of anilines is 1. The van der Waals surface area contributed by atoms with E-state index in [1.807, 2.05) is 0 Å². The Labute approximate surface area is 118 Å². The number of rotatable bonds is 4. The summed E-state index contributed by atoms with van der Waals surface area (Å²) in [5.41, 5.74) is -0.836. The van der Waals surface area contributed by atoms with Crippen molar-refractivity contribution in [2.75, 3.05) is 5.32 Å². The minimum atomic E-state index is -4.03. The third-order valence-electron chi connectivity index (χ3n) is 2.51. The third kappa shape index (κ3) is 3.07. The van der Waals surface area contributed by atoms with E-state index in [0.29, 0.717) is 0 Å². The Balaban J connectivity index is 2.37. The number of carbonyl (C=O) groups is 2. The Kier molecular flexibility index (Phi) is 3.74. The maximum absolute atomic E-state index is 12.0. The van der Waals surface area contributed by atoms with Crippen LogP contribution in [0.1, 0.15) is 21.0 Å². The number of carboxylic acids is 1. The lowest BCUT2D eigenvalue weighted by Crippen LogP contribution is -2.20. The second-order valence-electron chi connectivity index (χ2n) is 3.93. The van der Waals surface area contributed by atoms with Gasteiger partial charge in [-0.15, -0.1) is 0 Å². The number of aromatic nitrogens is 2. The van der Waals surface area contributed by atoms with Crippen LogP contribution in [0.3, 0.4) is 0 Å². The molecule has 10 heteroatoms. The number of sulfonamides is 1. The predicted molar refractivity (Wildman–Crippen MR) is 71.3 cm³/mol. The van der Waals surface area contributed by atoms with Crippen LogP contribution in [0.2, 0.25) is 0 Å². The van der Waals surface area contributed by atoms with Gasteiger partial charge in [-0.2, -0.15) is 0 Å². The molecule has 9 nitrogen and oxygen atoms in total. The highest BCUT2D eigenvalue weighted by atomic mass is 32.2. The molecule has 0 saturated carbocycles. The number of carboxylic acid groups (broad SMARTS) is 1. The fourth-order valence-corrected chi connectivity index (χ4v) is 2.32. The summed E-state index contributed by atoms with van der Waals surface area (Å²) >= 11 is 0. The Hall–Kier alpha value is -2.72. The standard InChI is InChI=1S/C11H10N4O5S/c12-21(19,20)7-4-2-1-3-6(7)15-10(16)8-9(11(17)18)14-5-13-8/h1-5H,(H,13,14)(H,15,16)(H,17,18)(H2,12,19,20). The second-order valence-corrected chi connectivity index (χ2v) is 5.46. The summed E-state index contributed by atoms with van der Waals surface area (Å²) in [7, 11) is -4.03. The van der Waals surface area contributed by atoms with Gasteiger partial charge in [0.25, 0.3) is 5.91 Å². The van der Waals surface area contributed by atoms with Crippen LogP contribution < -0.4 is 10.5 Å². The molecular formula is C11H10N4O5S. The lowest BCUT2D eigenvalue weighted by atomic mass is 10.2. The van der Waals surface area contributed by atoms with Crippen LogP contribution in [0.5, 0.6) is 0 Å². The first kappa shape index (κ1) is 14.7. The van der Waals surface area contributed by atoms with Crippen LogP contribution in [0, 0.1) is 0 Å². The predicted octanol–water partition coefficient (Wildman–Crippen LogP) is 0.00760. The molecule has 0 aliphatic carbocycles. The van der Waals surface area contributed by atoms with Crippen molar-refractivity contribution in [3.05, 3.63) is 42.0 Å². The molecule has 21 heavy (non-hydrogen) atoms. The molecule has 0 radical (unpaired) electrons. The molecular weight excluding hydrogens is 300 g/mol. The van der Waals surface area contributed by atoms with E-state index in [0.717, 1.165) is 6.33 Å². The molecule has 0 fully saturated rings. The minimum Gasteiger partial charge on any atom is -0.477 e. The lowest BCUT2D eigenvalue weighted by Gasteiger charge is -2.08. The summed E-state index contributed by atoms with van der Waals surface area (Å²) in [6, 6.07) is 5.47. The number of benzene rings is 1. The maximum Gasteiger partial charge on any atom is 0.354 e. The van der Waals surface area contributed by atoms with Crippen molar-refractivity contribution in [1.82, 2.24) is 9.97 Å². The smallest absolute Gasteiger partial charge is 0.354 e. The van der Waals surface area contributed by atoms with Gasteiger partial charge in [0.1, 0.15) is 4.90 Å². The van der Waals surface area contributed by atoms with E-state index in [-0.39, 0.29) is 16.3 Å². The molecule has 0 bridgehead atoms. The molecule has 1 aromatic carbocycles. The topological polar surface area (TPSA) is 155 Å². The van der Waals surface area contributed by atoms with Crippen molar-refractivity contribution in [3.63, 3.8) is 0 Å². The number of aromatic carboxylic acids is 1. The highest BCUT2D eigenvalue weighted by molar-refractivity contribution is 7.89. The SMILES string of the molecule is NS(=O)(=O)c1ccccc1NC(=O)c1nc[nH]c1C(=O)O. The van der Waals surface area contributed by atoms with Crippen molar-refractivity contribution >= 4 is 27.6 Å². The number of amides is 1. The van der Waals surface area contributed by atoms with E-state index >= 15 is 0 Å². The van der Waals surface area contributed by atoms with Gasteiger partial charge in [-0.3, -0.25) is 4.79 Å². The molecule has 0 aliphatic heterocycles. The number of nitrogens with one attached hydrogen (secondary N) is 2. The van der Waals surface area contributed by atoms with Gasteiger partial charge >= 0.3 is 5.97 Å². The fraction of sp³-hybridized carbons (Fsp3) is 0. The van der Waals surface area contributed by atoms with Gasteiger partial charge in [0.2, 0.25) is 10.0 Å². The van der Waals surface area contributed by atoms with Gasteiger partial charge < -0.3 is 15.4 Å². The van der Waals surface area contributed by atoms with Crippen molar-refractivity contribution in [2.45, 2.75) is 4.90 Å². The van der Waals surface area contributed by atoms with Gasteiger partial charge in [-0.05, 0) is 12.1 Å². The highest BCUT2D eigenvalue weighted by Gasteiger charge is 2.22. The number of para-hydroxylation sites is 1. The van der Waals surface area contributed by atoms with E-state index in [9.17, 15) is 18.0 Å². The zero-order valence-electron chi connectivity index (χ0n) is 10.4. The Morgan fingerprint density at radius 1 is 1.29 bits per heavy atom. The number of primary sulfonamides is 1. The van der Waals surface area contributed by atoms with Gasteiger partial charge in [0, 0.05) is 0 Å². The van der Waals surface area contributed by atoms with Gasteiger partial charge in [-0.25, -0.2) is 23.3 Å². The fourth-order valence-electron chi connectivity index (χ4n) is 1.63. The van der Waals surface area contributed by atoms with Crippen LogP contribution in [0.4, 0.5) is 5.69 Å². The number of hydrogen-bond donors (Lipinski definition) is 4. The monoisotopic (exact) mass is 310 g/mol. The molecule has 0 unspecified atom stereocenters. The Morgan fingerprint density at radius 3 is 2.57 bits per heavy atom. The van der Waals surface area contributed by atoms with Gasteiger partial charge in [0.05, 0.1) is 12.0 Å². The normalized spacial score (nSPS) is 11.1. The molecule has 0 atom stereocenters. The number of H-pyrrole nitrogens is 1. The minimum absolute atomic E-state index is 0.0654. The van der Waals surface area contributed by atoms with Crippen molar-refractivity contribution in [2.24, 2.45) is 5.14 Å². The average molecular weight is 310 g/mol. The molecule has 2 rings (SSSR count). The summed E-state index contributed by atoms with van der Waals surface area (Å²) in [6.45, 7) is 0. The van der Waals surface area contributed by atoms with Crippen molar-refractivity contribution in [1.29, 1.82) is 0 Å². The highest BCUT2D eigenvalue weighted by Crippen LogP contribution is 2.20. The molecule has 5 N–H and O–H groups in total. The number of carbonyl (C=O) groups excluding carboxylic acids is 1. The lowest BCUT2D eigenvalue weighted by molar-refractivity contribution is 0.0686. The van der Waals surface area contributed by atoms with E-state index in [2.05, 4.69) is 15.3 Å². The quantitative estimate of drug-likeness (QED) is 0.623. The molecule has 1 amide bonds. The molecule has 110 valence electrons. The Morgan fingerprint density at radius 2 is 1.95 bits per heavy atom. The number of nitrogens with two attached hydrogens (primary N) is 1. The molecule has 1 aromatic heterocycles. The average Bonchev–Trinajstić information content (AvgIpc) is 2.87. The van der Waals surface area contributed by atoms with Crippen LogP contribution >= 0.6 is 0 Å². The van der Waals surface area contributed by atoms with Crippen LogP contribution in [-0.2, 0) is 10.0 Å². The molecule has 0 aliphatic rings. The molecule has 0 saturated heterocycles. The van der Waals surface area contributed by atoms with E-state index in [1.54, 1.807) is 0 Å². The first-order chi connectivity index (χ1) is 9.80. The van der Waals surface area contributed by atoms with Crippen molar-refractivity contribution in [3.8, 4) is 0 Å². The zero-order chi connectivity index (χ0) is 15.6. The second kappa shape index (κ2) is 5.34. The van der Waals surface area contributed by atoms with Crippen LogP contribution in [0.15, 0.2) is 35.5 Å². The van der Waals surface area contributed by atoms with E-state index in [4.69, 9.17) is 10.2 Å². The summed E-state index contributed by atoms with van der Waals surface area (Å²) in [4.78, 5) is 28.5. The summed E-state index contributed by atoms with van der Waals surface area (Å²) in [5.74, 6) is -2.23. The molecule has 2 aromatic rings. The number of imidazole rings is 1. The summed E-state index contributed by atoms with van der Waals surface area (Å²) < 4.78 is 22.8. The van der Waals surface area contributed by atoms with Gasteiger partial charge in [0.15, 0.2) is 11.4 Å². The van der Waals surface area contributed by atoms with E-state index in [1.165, 1.54) is 24.3 Å². The summed E-state index contributed by atoms with van der Waals surface area (Å²) in [5, 5.41) is 16.2. The van der Waals surface area contributed by atoms with E-state index < -0.39 is 27.6 Å². The largest absolute Gasteiger partial charge is 0.477 e. The Bertz CT molecular complexity index is 812. The number of nitrogens with zero attached hydrogens (tertiary/aromatic N) is 1.